The van der Waals surface area contributed by atoms with Crippen LogP contribution in [0.5, 0.6) is 0 Å². The van der Waals surface area contributed by atoms with Crippen LogP contribution in [-0.2, 0) is 0 Å². The summed E-state index contributed by atoms with van der Waals surface area (Å²) in [5.41, 5.74) is 0. The Morgan fingerprint density at radius 3 is 2.73 bits per heavy atom. The van der Waals surface area contributed by atoms with Crippen molar-refractivity contribution in [3.05, 3.63) is 0 Å². The summed E-state index contributed by atoms with van der Waals surface area (Å²) in [5.74, 6) is 0.432. The van der Waals surface area contributed by atoms with Crippen LogP contribution in [-0.4, -0.2) is 39.9 Å². The molecule has 0 aromatic heterocycles. The van der Waals surface area contributed by atoms with Crippen molar-refractivity contribution in [3.63, 3.8) is 0 Å². The Labute approximate surface area is 64.4 Å². The quantitative estimate of drug-likeness (QED) is 0.525. The van der Waals surface area contributed by atoms with Crippen molar-refractivity contribution in [1.82, 2.24) is 4.90 Å². The number of carboxylic acid groups (broad SMARTS) is 1. The van der Waals surface area contributed by atoms with Crippen molar-refractivity contribution in [1.29, 1.82) is 0 Å². The summed E-state index contributed by atoms with van der Waals surface area (Å²) < 4.78 is 0. The minimum absolute atomic E-state index is 0.113. The zero-order chi connectivity index (χ0) is 8.01. The molecule has 3 unspecified atom stereocenters. The van der Waals surface area contributed by atoms with E-state index in [1.165, 1.54) is 4.90 Å². The number of likely N-dealkylation sites (tertiary alicyclic amines) is 1. The first-order valence-corrected chi connectivity index (χ1v) is 3.86. The molecule has 4 heteroatoms. The number of fused-ring (bicyclic) bond motifs is 1. The van der Waals surface area contributed by atoms with E-state index in [0.717, 1.165) is 6.42 Å². The summed E-state index contributed by atoms with van der Waals surface area (Å²) >= 11 is 0. The van der Waals surface area contributed by atoms with Gasteiger partial charge in [0.2, 0.25) is 0 Å². The number of hydrogen-bond donors (Lipinski definition) is 2. The molecule has 2 aliphatic rings. The van der Waals surface area contributed by atoms with E-state index in [0.29, 0.717) is 18.9 Å². The number of rotatable bonds is 0. The number of amides is 1. The van der Waals surface area contributed by atoms with Gasteiger partial charge < -0.3 is 15.1 Å². The highest BCUT2D eigenvalue weighted by Gasteiger charge is 2.47. The molecule has 1 aliphatic heterocycles. The summed E-state index contributed by atoms with van der Waals surface area (Å²) in [6.07, 6.45) is 0.306. The first-order chi connectivity index (χ1) is 5.18. The molecule has 0 aromatic rings. The standard InChI is InChI=1S/C7H11NO3/c9-5-1-4-3-8(7(10)11)6(4)2-5/h4-6,9H,1-3H2,(H,10,11). The summed E-state index contributed by atoms with van der Waals surface area (Å²) in [5, 5.41) is 17.8. The van der Waals surface area contributed by atoms with Gasteiger partial charge in [0.1, 0.15) is 0 Å². The predicted molar refractivity (Wildman–Crippen MR) is 37.2 cm³/mol. The highest BCUT2D eigenvalue weighted by Crippen LogP contribution is 2.38. The zero-order valence-electron chi connectivity index (χ0n) is 6.10. The number of aliphatic hydroxyl groups excluding tert-OH is 1. The summed E-state index contributed by atoms with van der Waals surface area (Å²) in [7, 11) is 0. The monoisotopic (exact) mass is 157 g/mol. The molecule has 11 heavy (non-hydrogen) atoms. The minimum atomic E-state index is -0.847. The van der Waals surface area contributed by atoms with E-state index in [4.69, 9.17) is 5.11 Å². The van der Waals surface area contributed by atoms with Gasteiger partial charge >= 0.3 is 6.09 Å². The van der Waals surface area contributed by atoms with Crippen molar-refractivity contribution in [2.75, 3.05) is 6.54 Å². The van der Waals surface area contributed by atoms with Gasteiger partial charge in [-0.1, -0.05) is 0 Å². The Bertz CT molecular complexity index is 194. The van der Waals surface area contributed by atoms with Gasteiger partial charge in [-0.25, -0.2) is 4.79 Å². The maximum absolute atomic E-state index is 10.5. The lowest BCUT2D eigenvalue weighted by Gasteiger charge is -2.42. The molecule has 1 saturated carbocycles. The van der Waals surface area contributed by atoms with Crippen molar-refractivity contribution >= 4 is 6.09 Å². The van der Waals surface area contributed by atoms with Crippen LogP contribution in [0.1, 0.15) is 12.8 Å². The van der Waals surface area contributed by atoms with Gasteiger partial charge in [-0.05, 0) is 18.8 Å². The number of hydrogen-bond acceptors (Lipinski definition) is 2. The molecule has 2 rings (SSSR count). The number of carbonyl (C=O) groups is 1. The fourth-order valence-corrected chi connectivity index (χ4v) is 2.12. The zero-order valence-corrected chi connectivity index (χ0v) is 6.10. The van der Waals surface area contributed by atoms with Gasteiger partial charge in [-0.2, -0.15) is 0 Å². The largest absolute Gasteiger partial charge is 0.465 e. The fourth-order valence-electron chi connectivity index (χ4n) is 2.12. The first-order valence-electron chi connectivity index (χ1n) is 3.86. The lowest BCUT2D eigenvalue weighted by molar-refractivity contribution is 0.0411. The van der Waals surface area contributed by atoms with Crippen LogP contribution in [0.25, 0.3) is 0 Å². The van der Waals surface area contributed by atoms with E-state index < -0.39 is 6.09 Å². The molecule has 0 aromatic carbocycles. The summed E-state index contributed by atoms with van der Waals surface area (Å²) in [4.78, 5) is 11.9. The Balaban J connectivity index is 1.99. The third-order valence-electron chi connectivity index (χ3n) is 2.71. The predicted octanol–water partition coefficient (Wildman–Crippen LogP) is 0.119. The van der Waals surface area contributed by atoms with E-state index in [1.807, 2.05) is 0 Å². The molecule has 3 atom stereocenters. The van der Waals surface area contributed by atoms with Crippen molar-refractivity contribution in [2.45, 2.75) is 25.0 Å². The van der Waals surface area contributed by atoms with Crippen molar-refractivity contribution < 1.29 is 15.0 Å². The molecule has 0 bridgehead atoms. The molecule has 0 spiro atoms. The van der Waals surface area contributed by atoms with Gasteiger partial charge in [0.25, 0.3) is 0 Å². The first kappa shape index (κ1) is 6.91. The van der Waals surface area contributed by atoms with E-state index in [2.05, 4.69) is 0 Å². The second-order valence-corrected chi connectivity index (χ2v) is 3.39. The number of aliphatic hydroxyl groups is 1. The van der Waals surface area contributed by atoms with Crippen molar-refractivity contribution in [2.24, 2.45) is 5.92 Å². The maximum Gasteiger partial charge on any atom is 0.407 e. The normalized spacial score (nSPS) is 41.5. The van der Waals surface area contributed by atoms with E-state index in [1.54, 1.807) is 0 Å². The molecule has 62 valence electrons. The molecule has 4 nitrogen and oxygen atoms in total. The lowest BCUT2D eigenvalue weighted by Crippen LogP contribution is -2.55. The minimum Gasteiger partial charge on any atom is -0.465 e. The molecule has 0 radical (unpaired) electrons. The Kier molecular flexibility index (Phi) is 1.32. The average Bonchev–Trinajstić information content (AvgIpc) is 2.13. The smallest absolute Gasteiger partial charge is 0.407 e. The van der Waals surface area contributed by atoms with Gasteiger partial charge in [-0.3, -0.25) is 0 Å². The SMILES string of the molecule is O=C(O)N1CC2CC(O)CC21. The lowest BCUT2D eigenvalue weighted by atomic mass is 9.93. The molecule has 2 N–H and O–H groups in total. The molecular weight excluding hydrogens is 146 g/mol. The van der Waals surface area contributed by atoms with E-state index >= 15 is 0 Å². The van der Waals surface area contributed by atoms with Crippen LogP contribution in [0.15, 0.2) is 0 Å². The molecule has 2 fully saturated rings. The van der Waals surface area contributed by atoms with Gasteiger partial charge in [0, 0.05) is 12.6 Å². The second kappa shape index (κ2) is 2.11. The average molecular weight is 157 g/mol. The highest BCUT2D eigenvalue weighted by molar-refractivity contribution is 5.66. The van der Waals surface area contributed by atoms with Crippen LogP contribution in [0, 0.1) is 5.92 Å². The van der Waals surface area contributed by atoms with Gasteiger partial charge in [-0.15, -0.1) is 0 Å². The molecule has 1 saturated heterocycles. The second-order valence-electron chi connectivity index (χ2n) is 3.39. The highest BCUT2D eigenvalue weighted by atomic mass is 16.4. The van der Waals surface area contributed by atoms with Crippen molar-refractivity contribution in [3.8, 4) is 0 Å². The molecular formula is C7H11NO3. The van der Waals surface area contributed by atoms with Crippen LogP contribution in [0.3, 0.4) is 0 Å². The molecule has 1 amide bonds. The summed E-state index contributed by atoms with van der Waals surface area (Å²) in [6.45, 7) is 0.622. The van der Waals surface area contributed by atoms with Gasteiger partial charge in [0.05, 0.1) is 6.10 Å². The molecule has 1 heterocycles. The van der Waals surface area contributed by atoms with Gasteiger partial charge in [0.15, 0.2) is 0 Å². The fraction of sp³-hybridized carbons (Fsp3) is 0.857. The van der Waals surface area contributed by atoms with Crippen LogP contribution in [0.4, 0.5) is 4.79 Å². The third kappa shape index (κ3) is 0.894. The Morgan fingerprint density at radius 1 is 1.45 bits per heavy atom. The van der Waals surface area contributed by atoms with E-state index in [9.17, 15) is 9.90 Å². The third-order valence-corrected chi connectivity index (χ3v) is 2.71. The summed E-state index contributed by atoms with van der Waals surface area (Å²) in [6, 6.07) is 0.113. The van der Waals surface area contributed by atoms with Crippen LogP contribution < -0.4 is 0 Å². The Hall–Kier alpha value is -0.770. The van der Waals surface area contributed by atoms with Crippen LogP contribution in [0.2, 0.25) is 0 Å². The Morgan fingerprint density at radius 2 is 2.18 bits per heavy atom. The molecule has 1 aliphatic carbocycles. The topological polar surface area (TPSA) is 60.8 Å². The van der Waals surface area contributed by atoms with E-state index in [-0.39, 0.29) is 12.1 Å². The maximum atomic E-state index is 10.5. The number of nitrogens with zero attached hydrogens (tertiary/aromatic N) is 1. The van der Waals surface area contributed by atoms with Crippen LogP contribution >= 0.6 is 0 Å².